The van der Waals surface area contributed by atoms with E-state index in [1.54, 1.807) is 6.20 Å². The summed E-state index contributed by atoms with van der Waals surface area (Å²) in [5.41, 5.74) is 6.43. The lowest BCUT2D eigenvalue weighted by molar-refractivity contribution is -0.123. The number of primary amides is 1. The van der Waals surface area contributed by atoms with Crippen LogP contribution in [0.1, 0.15) is 17.4 Å². The SMILES string of the molecule is CN(Cc1nccn1C)C(C(N)=O)c1cccc(Br)c1. The molecule has 106 valence electrons. The predicted molar refractivity (Wildman–Crippen MR) is 80.8 cm³/mol. The summed E-state index contributed by atoms with van der Waals surface area (Å²) >= 11 is 3.41. The van der Waals surface area contributed by atoms with Crippen LogP contribution in [0.4, 0.5) is 0 Å². The molecule has 1 heterocycles. The van der Waals surface area contributed by atoms with Gasteiger partial charge < -0.3 is 10.3 Å². The van der Waals surface area contributed by atoms with Crippen molar-refractivity contribution in [2.75, 3.05) is 7.05 Å². The fourth-order valence-corrected chi connectivity index (χ4v) is 2.59. The van der Waals surface area contributed by atoms with Crippen molar-refractivity contribution in [3.05, 3.63) is 52.5 Å². The molecule has 0 aliphatic heterocycles. The number of carbonyl (C=O) groups excluding carboxylic acids is 1. The zero-order chi connectivity index (χ0) is 14.7. The molecule has 0 saturated heterocycles. The third-order valence-electron chi connectivity index (χ3n) is 3.19. The molecule has 20 heavy (non-hydrogen) atoms. The van der Waals surface area contributed by atoms with Gasteiger partial charge >= 0.3 is 0 Å². The van der Waals surface area contributed by atoms with Gasteiger partial charge in [0.05, 0.1) is 6.54 Å². The van der Waals surface area contributed by atoms with Crippen molar-refractivity contribution in [3.8, 4) is 0 Å². The van der Waals surface area contributed by atoms with Crippen LogP contribution in [-0.2, 0) is 18.4 Å². The molecule has 0 aliphatic carbocycles. The second kappa shape index (κ2) is 6.19. The van der Waals surface area contributed by atoms with Crippen LogP contribution in [0.15, 0.2) is 41.1 Å². The minimum Gasteiger partial charge on any atom is -0.368 e. The third kappa shape index (κ3) is 3.26. The minimum atomic E-state index is -0.482. The van der Waals surface area contributed by atoms with Crippen molar-refractivity contribution in [1.29, 1.82) is 0 Å². The van der Waals surface area contributed by atoms with E-state index in [1.165, 1.54) is 0 Å². The van der Waals surface area contributed by atoms with Gasteiger partial charge in [-0.3, -0.25) is 9.69 Å². The van der Waals surface area contributed by atoms with Gasteiger partial charge in [0.15, 0.2) is 0 Å². The van der Waals surface area contributed by atoms with E-state index in [2.05, 4.69) is 20.9 Å². The first kappa shape index (κ1) is 14.7. The number of carbonyl (C=O) groups is 1. The van der Waals surface area contributed by atoms with Crippen molar-refractivity contribution in [2.45, 2.75) is 12.6 Å². The van der Waals surface area contributed by atoms with E-state index in [-0.39, 0.29) is 5.91 Å². The summed E-state index contributed by atoms with van der Waals surface area (Å²) in [6.45, 7) is 0.545. The molecule has 0 fully saturated rings. The molecule has 0 radical (unpaired) electrons. The Morgan fingerprint density at radius 1 is 1.55 bits per heavy atom. The Morgan fingerprint density at radius 2 is 2.30 bits per heavy atom. The minimum absolute atomic E-state index is 0.375. The largest absolute Gasteiger partial charge is 0.368 e. The molecule has 6 heteroatoms. The quantitative estimate of drug-likeness (QED) is 0.906. The number of imidazole rings is 1. The molecular weight excluding hydrogens is 320 g/mol. The lowest BCUT2D eigenvalue weighted by atomic mass is 10.1. The summed E-state index contributed by atoms with van der Waals surface area (Å²) in [4.78, 5) is 18.0. The Kier molecular flexibility index (Phi) is 4.57. The van der Waals surface area contributed by atoms with E-state index in [9.17, 15) is 4.79 Å². The molecule has 5 nitrogen and oxygen atoms in total. The Hall–Kier alpha value is -1.66. The molecule has 1 aromatic heterocycles. The Morgan fingerprint density at radius 3 is 2.85 bits per heavy atom. The van der Waals surface area contributed by atoms with Crippen LogP contribution < -0.4 is 5.73 Å². The summed E-state index contributed by atoms with van der Waals surface area (Å²) in [6.07, 6.45) is 3.61. The highest BCUT2D eigenvalue weighted by Gasteiger charge is 2.24. The van der Waals surface area contributed by atoms with E-state index in [0.29, 0.717) is 6.54 Å². The van der Waals surface area contributed by atoms with E-state index in [0.717, 1.165) is 15.9 Å². The number of hydrogen-bond acceptors (Lipinski definition) is 3. The zero-order valence-electron chi connectivity index (χ0n) is 11.5. The second-order valence-corrected chi connectivity index (χ2v) is 5.65. The van der Waals surface area contributed by atoms with Crippen LogP contribution in [0.2, 0.25) is 0 Å². The van der Waals surface area contributed by atoms with E-state index >= 15 is 0 Å². The normalized spacial score (nSPS) is 12.6. The lowest BCUT2D eigenvalue weighted by Crippen LogP contribution is -2.35. The molecule has 2 rings (SSSR count). The Labute approximate surface area is 126 Å². The fourth-order valence-electron chi connectivity index (χ4n) is 2.18. The number of halogens is 1. The molecule has 1 atom stereocenters. The maximum atomic E-state index is 11.8. The van der Waals surface area contributed by atoms with Gasteiger partial charge in [-0.2, -0.15) is 0 Å². The third-order valence-corrected chi connectivity index (χ3v) is 3.68. The van der Waals surface area contributed by atoms with Gasteiger partial charge in [-0.15, -0.1) is 0 Å². The first-order valence-corrected chi connectivity index (χ1v) is 6.99. The number of nitrogens with two attached hydrogens (primary N) is 1. The molecule has 0 bridgehead atoms. The van der Waals surface area contributed by atoms with Crippen molar-refractivity contribution in [3.63, 3.8) is 0 Å². The highest BCUT2D eigenvalue weighted by molar-refractivity contribution is 9.10. The number of aryl methyl sites for hydroxylation is 1. The first-order chi connectivity index (χ1) is 9.49. The maximum Gasteiger partial charge on any atom is 0.239 e. The average Bonchev–Trinajstić information content (AvgIpc) is 2.74. The summed E-state index contributed by atoms with van der Waals surface area (Å²) in [5, 5.41) is 0. The van der Waals surface area contributed by atoms with E-state index in [1.807, 2.05) is 54.0 Å². The fraction of sp³-hybridized carbons (Fsp3) is 0.286. The first-order valence-electron chi connectivity index (χ1n) is 6.20. The van der Waals surface area contributed by atoms with E-state index in [4.69, 9.17) is 5.73 Å². The molecule has 2 aromatic rings. The second-order valence-electron chi connectivity index (χ2n) is 4.73. The van der Waals surface area contributed by atoms with Gasteiger partial charge in [0.2, 0.25) is 5.91 Å². The van der Waals surface area contributed by atoms with Gasteiger partial charge in [-0.05, 0) is 24.7 Å². The number of likely N-dealkylation sites (N-methyl/N-ethyl adjacent to an activating group) is 1. The van der Waals surface area contributed by atoms with Gasteiger partial charge in [0, 0.05) is 23.9 Å². The maximum absolute atomic E-state index is 11.8. The number of benzene rings is 1. The highest BCUT2D eigenvalue weighted by Crippen LogP contribution is 2.23. The average molecular weight is 337 g/mol. The van der Waals surface area contributed by atoms with Gasteiger partial charge in [0.25, 0.3) is 0 Å². The van der Waals surface area contributed by atoms with Crippen molar-refractivity contribution in [1.82, 2.24) is 14.5 Å². The van der Waals surface area contributed by atoms with Crippen molar-refractivity contribution < 1.29 is 4.79 Å². The number of nitrogens with zero attached hydrogens (tertiary/aromatic N) is 3. The standard InChI is InChI=1S/C14H17BrN4O/c1-18-7-6-17-12(18)9-19(2)13(14(16)20)10-4-3-5-11(15)8-10/h3-8,13H,9H2,1-2H3,(H2,16,20). The zero-order valence-corrected chi connectivity index (χ0v) is 13.0. The van der Waals surface area contributed by atoms with Crippen LogP contribution in [0.5, 0.6) is 0 Å². The summed E-state index contributed by atoms with van der Waals surface area (Å²) in [5.74, 6) is 0.508. The van der Waals surface area contributed by atoms with Crippen LogP contribution >= 0.6 is 15.9 Å². The van der Waals surface area contributed by atoms with Gasteiger partial charge in [-0.25, -0.2) is 4.98 Å². The molecule has 0 saturated carbocycles. The predicted octanol–water partition coefficient (Wildman–Crippen LogP) is 1.84. The van der Waals surface area contributed by atoms with Gasteiger partial charge in [0.1, 0.15) is 11.9 Å². The topological polar surface area (TPSA) is 64.2 Å². The number of rotatable bonds is 5. The molecule has 1 aromatic carbocycles. The molecule has 1 unspecified atom stereocenters. The Balaban J connectivity index is 2.25. The monoisotopic (exact) mass is 336 g/mol. The lowest BCUT2D eigenvalue weighted by Gasteiger charge is -2.25. The van der Waals surface area contributed by atoms with Crippen LogP contribution in [0, 0.1) is 0 Å². The van der Waals surface area contributed by atoms with E-state index < -0.39 is 6.04 Å². The number of hydrogen-bond donors (Lipinski definition) is 1. The summed E-state index contributed by atoms with van der Waals surface area (Å²) in [7, 11) is 3.79. The Bertz CT molecular complexity index is 611. The molecular formula is C14H17BrN4O. The summed E-state index contributed by atoms with van der Waals surface area (Å²) < 4.78 is 2.85. The van der Waals surface area contributed by atoms with Crippen LogP contribution in [0.25, 0.3) is 0 Å². The smallest absolute Gasteiger partial charge is 0.239 e. The van der Waals surface area contributed by atoms with Crippen molar-refractivity contribution in [2.24, 2.45) is 12.8 Å². The number of amides is 1. The van der Waals surface area contributed by atoms with Crippen molar-refractivity contribution >= 4 is 21.8 Å². The number of aromatic nitrogens is 2. The molecule has 2 N–H and O–H groups in total. The molecule has 0 spiro atoms. The molecule has 1 amide bonds. The summed E-state index contributed by atoms with van der Waals surface area (Å²) in [6, 6.07) is 7.13. The van der Waals surface area contributed by atoms with Crippen LogP contribution in [-0.4, -0.2) is 27.4 Å². The molecule has 0 aliphatic rings. The highest BCUT2D eigenvalue weighted by atomic mass is 79.9. The van der Waals surface area contributed by atoms with Gasteiger partial charge in [-0.1, -0.05) is 28.1 Å². The van der Waals surface area contributed by atoms with Crippen LogP contribution in [0.3, 0.4) is 0 Å².